The van der Waals surface area contributed by atoms with Crippen LogP contribution in [0.3, 0.4) is 0 Å². The number of hydrogen-bond acceptors (Lipinski definition) is 2. The minimum Gasteiger partial charge on any atom is -0.390 e. The molecule has 12 heavy (non-hydrogen) atoms. The molecule has 1 aliphatic rings. The van der Waals surface area contributed by atoms with E-state index in [1.807, 2.05) is 6.92 Å². The molecule has 0 aromatic carbocycles. The summed E-state index contributed by atoms with van der Waals surface area (Å²) in [5, 5.41) is 9.73. The van der Waals surface area contributed by atoms with Crippen LogP contribution in [0.5, 0.6) is 0 Å². The molecule has 0 bridgehead atoms. The molecule has 0 amide bonds. The van der Waals surface area contributed by atoms with Crippen molar-refractivity contribution in [3.63, 3.8) is 0 Å². The van der Waals surface area contributed by atoms with Crippen LogP contribution in [0.25, 0.3) is 0 Å². The van der Waals surface area contributed by atoms with E-state index in [9.17, 15) is 5.11 Å². The van der Waals surface area contributed by atoms with Gasteiger partial charge in [0.1, 0.15) is 0 Å². The predicted octanol–water partition coefficient (Wildman–Crippen LogP) is 1.63. The van der Waals surface area contributed by atoms with Gasteiger partial charge in [-0.05, 0) is 40.5 Å². The van der Waals surface area contributed by atoms with Crippen LogP contribution in [-0.4, -0.2) is 34.2 Å². The van der Waals surface area contributed by atoms with Gasteiger partial charge in [0.25, 0.3) is 0 Å². The van der Waals surface area contributed by atoms with Crippen molar-refractivity contribution in [2.75, 3.05) is 13.1 Å². The molecule has 0 aliphatic carbocycles. The second-order valence-electron chi connectivity index (χ2n) is 5.15. The van der Waals surface area contributed by atoms with Gasteiger partial charge >= 0.3 is 0 Å². The highest BCUT2D eigenvalue weighted by atomic mass is 16.3. The van der Waals surface area contributed by atoms with Gasteiger partial charge < -0.3 is 5.11 Å². The number of hydrogen-bond donors (Lipinski definition) is 1. The van der Waals surface area contributed by atoms with Gasteiger partial charge in [-0.3, -0.25) is 4.90 Å². The molecule has 1 saturated heterocycles. The van der Waals surface area contributed by atoms with Crippen molar-refractivity contribution in [1.29, 1.82) is 0 Å². The van der Waals surface area contributed by atoms with Crippen LogP contribution in [0.4, 0.5) is 0 Å². The van der Waals surface area contributed by atoms with E-state index in [1.165, 1.54) is 0 Å². The van der Waals surface area contributed by atoms with E-state index in [1.54, 1.807) is 0 Å². The van der Waals surface area contributed by atoms with Crippen molar-refractivity contribution in [3.05, 3.63) is 0 Å². The Balaban J connectivity index is 2.47. The molecule has 2 nitrogen and oxygen atoms in total. The van der Waals surface area contributed by atoms with Gasteiger partial charge in [0, 0.05) is 18.6 Å². The Bertz CT molecular complexity index is 148. The second-order valence-corrected chi connectivity index (χ2v) is 5.15. The van der Waals surface area contributed by atoms with E-state index in [-0.39, 0.29) is 5.54 Å². The largest absolute Gasteiger partial charge is 0.390 e. The third-order valence-corrected chi connectivity index (χ3v) is 2.79. The fraction of sp³-hybridized carbons (Fsp3) is 1.00. The van der Waals surface area contributed by atoms with Crippen LogP contribution in [0.2, 0.25) is 0 Å². The number of piperidine rings is 1. The van der Waals surface area contributed by atoms with E-state index in [2.05, 4.69) is 25.7 Å². The third-order valence-electron chi connectivity index (χ3n) is 2.79. The van der Waals surface area contributed by atoms with E-state index < -0.39 is 5.60 Å². The molecule has 0 spiro atoms. The van der Waals surface area contributed by atoms with E-state index in [0.717, 1.165) is 25.9 Å². The Hall–Kier alpha value is -0.0800. The Morgan fingerprint density at radius 3 is 1.92 bits per heavy atom. The van der Waals surface area contributed by atoms with Gasteiger partial charge in [-0.2, -0.15) is 0 Å². The van der Waals surface area contributed by atoms with Gasteiger partial charge in [0.2, 0.25) is 0 Å². The summed E-state index contributed by atoms with van der Waals surface area (Å²) in [7, 11) is 0. The SMILES string of the molecule is CC1(O)CCN(C(C)(C)C)CC1. The van der Waals surface area contributed by atoms with Gasteiger partial charge in [0.15, 0.2) is 0 Å². The fourth-order valence-electron chi connectivity index (χ4n) is 1.66. The molecule has 1 heterocycles. The van der Waals surface area contributed by atoms with Crippen LogP contribution in [-0.2, 0) is 0 Å². The summed E-state index contributed by atoms with van der Waals surface area (Å²) in [6, 6.07) is 0. The molecular weight excluding hydrogens is 150 g/mol. The first-order valence-corrected chi connectivity index (χ1v) is 4.79. The zero-order valence-corrected chi connectivity index (χ0v) is 8.72. The van der Waals surface area contributed by atoms with Crippen molar-refractivity contribution < 1.29 is 5.11 Å². The van der Waals surface area contributed by atoms with Crippen LogP contribution in [0.15, 0.2) is 0 Å². The number of likely N-dealkylation sites (tertiary alicyclic amines) is 1. The first-order chi connectivity index (χ1) is 5.31. The standard InChI is InChI=1S/C10H21NO/c1-9(2,3)11-7-5-10(4,12)6-8-11/h12H,5-8H2,1-4H3. The maximum Gasteiger partial charge on any atom is 0.0644 e. The van der Waals surface area contributed by atoms with Crippen molar-refractivity contribution in [3.8, 4) is 0 Å². The predicted molar refractivity (Wildman–Crippen MR) is 51.2 cm³/mol. The summed E-state index contributed by atoms with van der Waals surface area (Å²) in [6.07, 6.45) is 1.81. The summed E-state index contributed by atoms with van der Waals surface area (Å²) < 4.78 is 0. The first kappa shape index (κ1) is 10.0. The van der Waals surface area contributed by atoms with Gasteiger partial charge in [0.05, 0.1) is 5.60 Å². The Morgan fingerprint density at radius 2 is 1.58 bits per heavy atom. The topological polar surface area (TPSA) is 23.5 Å². The molecule has 0 atom stereocenters. The minimum absolute atomic E-state index is 0.260. The van der Waals surface area contributed by atoms with Crippen molar-refractivity contribution >= 4 is 0 Å². The molecule has 1 fully saturated rings. The van der Waals surface area contributed by atoms with Crippen LogP contribution in [0.1, 0.15) is 40.5 Å². The zero-order chi connectivity index (χ0) is 9.41. The molecule has 0 radical (unpaired) electrons. The summed E-state index contributed by atoms with van der Waals surface area (Å²) >= 11 is 0. The Morgan fingerprint density at radius 1 is 1.17 bits per heavy atom. The van der Waals surface area contributed by atoms with Gasteiger partial charge in [-0.15, -0.1) is 0 Å². The van der Waals surface area contributed by atoms with Crippen molar-refractivity contribution in [2.45, 2.75) is 51.7 Å². The lowest BCUT2D eigenvalue weighted by Gasteiger charge is -2.43. The normalized spacial score (nSPS) is 25.8. The van der Waals surface area contributed by atoms with E-state index in [0.29, 0.717) is 0 Å². The molecule has 72 valence electrons. The minimum atomic E-state index is -0.415. The molecule has 0 aromatic rings. The highest BCUT2D eigenvalue weighted by molar-refractivity contribution is 4.86. The smallest absolute Gasteiger partial charge is 0.0644 e. The van der Waals surface area contributed by atoms with E-state index >= 15 is 0 Å². The molecule has 0 saturated carbocycles. The highest BCUT2D eigenvalue weighted by Gasteiger charge is 2.31. The average molecular weight is 171 g/mol. The molecular formula is C10H21NO. The first-order valence-electron chi connectivity index (χ1n) is 4.79. The summed E-state index contributed by atoms with van der Waals surface area (Å²) in [4.78, 5) is 2.44. The lowest BCUT2D eigenvalue weighted by atomic mass is 9.91. The molecule has 1 rings (SSSR count). The molecule has 2 heteroatoms. The second kappa shape index (κ2) is 3.00. The van der Waals surface area contributed by atoms with Crippen LogP contribution >= 0.6 is 0 Å². The summed E-state index contributed by atoms with van der Waals surface area (Å²) in [5.74, 6) is 0. The van der Waals surface area contributed by atoms with Gasteiger partial charge in [-0.25, -0.2) is 0 Å². The van der Waals surface area contributed by atoms with Gasteiger partial charge in [-0.1, -0.05) is 0 Å². The maximum absolute atomic E-state index is 9.73. The summed E-state index contributed by atoms with van der Waals surface area (Å²) in [5.41, 5.74) is -0.155. The molecule has 0 unspecified atom stereocenters. The summed E-state index contributed by atoms with van der Waals surface area (Å²) in [6.45, 7) is 10.7. The molecule has 0 aromatic heterocycles. The van der Waals surface area contributed by atoms with Crippen LogP contribution < -0.4 is 0 Å². The highest BCUT2D eigenvalue weighted by Crippen LogP contribution is 2.25. The Labute approximate surface area is 75.6 Å². The van der Waals surface area contributed by atoms with Crippen molar-refractivity contribution in [1.82, 2.24) is 4.90 Å². The maximum atomic E-state index is 9.73. The lowest BCUT2D eigenvalue weighted by molar-refractivity contribution is -0.0284. The van der Waals surface area contributed by atoms with Crippen LogP contribution in [0, 0.1) is 0 Å². The monoisotopic (exact) mass is 171 g/mol. The number of rotatable bonds is 0. The number of aliphatic hydroxyl groups is 1. The molecule has 1 aliphatic heterocycles. The third kappa shape index (κ3) is 2.46. The van der Waals surface area contributed by atoms with E-state index in [4.69, 9.17) is 0 Å². The molecule has 1 N–H and O–H groups in total. The Kier molecular flexibility index (Phi) is 2.50. The zero-order valence-electron chi connectivity index (χ0n) is 8.72. The number of nitrogens with zero attached hydrogens (tertiary/aromatic N) is 1. The van der Waals surface area contributed by atoms with Crippen molar-refractivity contribution in [2.24, 2.45) is 0 Å². The lowest BCUT2D eigenvalue weighted by Crippen LogP contribution is -2.50. The fourth-order valence-corrected chi connectivity index (χ4v) is 1.66. The average Bonchev–Trinajstić information content (AvgIpc) is 1.83. The quantitative estimate of drug-likeness (QED) is 0.599.